The highest BCUT2D eigenvalue weighted by Crippen LogP contribution is 2.32. The molecule has 8 nitrogen and oxygen atoms in total. The van der Waals surface area contributed by atoms with Crippen LogP contribution in [-0.4, -0.2) is 44.2 Å². The minimum absolute atomic E-state index is 0.0620. The van der Waals surface area contributed by atoms with Gasteiger partial charge in [0.25, 0.3) is 5.91 Å². The van der Waals surface area contributed by atoms with E-state index >= 15 is 0 Å². The number of rotatable bonds is 4. The summed E-state index contributed by atoms with van der Waals surface area (Å²) in [5.74, 6) is -0.519. The molecule has 2 aliphatic rings. The first-order chi connectivity index (χ1) is 14.3. The Labute approximate surface area is 175 Å². The quantitative estimate of drug-likeness (QED) is 0.776. The van der Waals surface area contributed by atoms with Crippen molar-refractivity contribution in [2.24, 2.45) is 5.92 Å². The van der Waals surface area contributed by atoms with Crippen molar-refractivity contribution >= 4 is 33.2 Å². The molecule has 1 saturated heterocycles. The summed E-state index contributed by atoms with van der Waals surface area (Å²) in [4.78, 5) is 24.4. The van der Waals surface area contributed by atoms with Gasteiger partial charge < -0.3 is 15.4 Å². The predicted molar refractivity (Wildman–Crippen MR) is 112 cm³/mol. The Kier molecular flexibility index (Phi) is 5.48. The van der Waals surface area contributed by atoms with Gasteiger partial charge >= 0.3 is 0 Å². The second-order valence-electron chi connectivity index (χ2n) is 7.50. The molecule has 30 heavy (non-hydrogen) atoms. The van der Waals surface area contributed by atoms with E-state index < -0.39 is 15.9 Å². The summed E-state index contributed by atoms with van der Waals surface area (Å²) in [5, 5.41) is 5.54. The van der Waals surface area contributed by atoms with Gasteiger partial charge in [0.15, 0.2) is 6.61 Å². The lowest BCUT2D eigenvalue weighted by molar-refractivity contribution is -0.121. The van der Waals surface area contributed by atoms with Crippen molar-refractivity contribution < 1.29 is 22.7 Å². The van der Waals surface area contributed by atoms with Gasteiger partial charge in [-0.15, -0.1) is 0 Å². The molecule has 9 heteroatoms. The first kappa shape index (κ1) is 20.4. The number of aryl methyl sites for hydroxylation is 1. The van der Waals surface area contributed by atoms with E-state index in [-0.39, 0.29) is 29.9 Å². The van der Waals surface area contributed by atoms with E-state index in [0.29, 0.717) is 30.8 Å². The number of hydrogen-bond acceptors (Lipinski definition) is 5. The second kappa shape index (κ2) is 8.08. The first-order valence-electron chi connectivity index (χ1n) is 9.78. The van der Waals surface area contributed by atoms with Crippen molar-refractivity contribution in [2.75, 3.05) is 30.3 Å². The molecule has 2 aromatic carbocycles. The zero-order valence-corrected chi connectivity index (χ0v) is 17.4. The normalized spacial score (nSPS) is 19.4. The summed E-state index contributed by atoms with van der Waals surface area (Å²) in [7, 11) is -3.81. The molecule has 2 amide bonds. The molecule has 158 valence electrons. The first-order valence-corrected chi connectivity index (χ1v) is 11.2. The number of fused-ring (bicyclic) bond motifs is 1. The van der Waals surface area contributed by atoms with E-state index in [4.69, 9.17) is 4.74 Å². The van der Waals surface area contributed by atoms with Gasteiger partial charge in [-0.05, 0) is 49.6 Å². The molecular formula is C21H23N3O5S. The third-order valence-electron chi connectivity index (χ3n) is 5.38. The Morgan fingerprint density at radius 3 is 2.83 bits per heavy atom. The Morgan fingerprint density at radius 2 is 2.03 bits per heavy atom. The van der Waals surface area contributed by atoms with Crippen molar-refractivity contribution in [3.63, 3.8) is 0 Å². The van der Waals surface area contributed by atoms with Gasteiger partial charge in [0, 0.05) is 18.8 Å². The number of amides is 2. The van der Waals surface area contributed by atoms with Crippen LogP contribution >= 0.6 is 0 Å². The maximum absolute atomic E-state index is 13.2. The van der Waals surface area contributed by atoms with Crippen LogP contribution < -0.4 is 15.4 Å². The van der Waals surface area contributed by atoms with Crippen molar-refractivity contribution in [3.05, 3.63) is 48.0 Å². The molecule has 0 aromatic heterocycles. The highest BCUT2D eigenvalue weighted by atomic mass is 32.2. The summed E-state index contributed by atoms with van der Waals surface area (Å²) in [6.45, 7) is 2.27. The van der Waals surface area contributed by atoms with E-state index in [1.54, 1.807) is 0 Å². The van der Waals surface area contributed by atoms with Crippen LogP contribution in [0.3, 0.4) is 0 Å². The smallest absolute Gasteiger partial charge is 0.262 e. The fourth-order valence-electron chi connectivity index (χ4n) is 3.69. The van der Waals surface area contributed by atoms with Gasteiger partial charge in [0.1, 0.15) is 5.75 Å². The number of para-hydroxylation sites is 1. The van der Waals surface area contributed by atoms with E-state index in [1.807, 2.05) is 31.2 Å². The van der Waals surface area contributed by atoms with Crippen LogP contribution in [0.5, 0.6) is 5.75 Å². The number of benzene rings is 2. The molecule has 0 bridgehead atoms. The number of hydrogen-bond donors (Lipinski definition) is 2. The number of carbonyl (C=O) groups is 2. The Morgan fingerprint density at radius 1 is 1.23 bits per heavy atom. The molecule has 2 N–H and O–H groups in total. The summed E-state index contributed by atoms with van der Waals surface area (Å²) in [6, 6.07) is 11.9. The van der Waals surface area contributed by atoms with E-state index in [1.165, 1.54) is 22.5 Å². The molecule has 4 rings (SSSR count). The number of nitrogens with one attached hydrogen (secondary N) is 2. The van der Waals surface area contributed by atoms with Crippen molar-refractivity contribution in [1.82, 2.24) is 4.31 Å². The van der Waals surface area contributed by atoms with E-state index in [0.717, 1.165) is 11.3 Å². The SMILES string of the molecule is Cc1ccccc1NC(=O)C1CCCN(S(=O)(=O)c2ccc3c(c2)NC(=O)CO3)C1. The van der Waals surface area contributed by atoms with Crippen LogP contribution in [0, 0.1) is 12.8 Å². The molecule has 1 fully saturated rings. The Hall–Kier alpha value is -2.91. The van der Waals surface area contributed by atoms with Gasteiger partial charge in [-0.1, -0.05) is 18.2 Å². The molecule has 0 saturated carbocycles. The number of piperidine rings is 1. The van der Waals surface area contributed by atoms with Crippen LogP contribution in [0.15, 0.2) is 47.4 Å². The summed E-state index contributed by atoms with van der Waals surface area (Å²) < 4.78 is 33.0. The Bertz CT molecular complexity index is 1100. The fraction of sp³-hybridized carbons (Fsp3) is 0.333. The van der Waals surface area contributed by atoms with Crippen molar-refractivity contribution in [3.8, 4) is 5.75 Å². The van der Waals surface area contributed by atoms with E-state index in [2.05, 4.69) is 10.6 Å². The number of ether oxygens (including phenoxy) is 1. The Balaban J connectivity index is 1.51. The molecule has 2 aromatic rings. The lowest BCUT2D eigenvalue weighted by Crippen LogP contribution is -2.43. The molecule has 2 heterocycles. The third kappa shape index (κ3) is 4.03. The minimum atomic E-state index is -3.81. The van der Waals surface area contributed by atoms with Crippen LogP contribution in [-0.2, 0) is 19.6 Å². The summed E-state index contributed by atoms with van der Waals surface area (Å²) >= 11 is 0. The lowest BCUT2D eigenvalue weighted by Gasteiger charge is -2.31. The monoisotopic (exact) mass is 429 g/mol. The average molecular weight is 429 g/mol. The topological polar surface area (TPSA) is 105 Å². The second-order valence-corrected chi connectivity index (χ2v) is 9.44. The third-order valence-corrected chi connectivity index (χ3v) is 7.24. The highest BCUT2D eigenvalue weighted by Gasteiger charge is 2.34. The zero-order valence-electron chi connectivity index (χ0n) is 16.6. The molecule has 0 spiro atoms. The van der Waals surface area contributed by atoms with Crippen LogP contribution in [0.4, 0.5) is 11.4 Å². The number of carbonyl (C=O) groups excluding carboxylic acids is 2. The van der Waals surface area contributed by atoms with Crippen LogP contribution in [0.1, 0.15) is 18.4 Å². The number of anilines is 2. The lowest BCUT2D eigenvalue weighted by atomic mass is 9.98. The molecular weight excluding hydrogens is 406 g/mol. The van der Waals surface area contributed by atoms with Gasteiger partial charge in [-0.2, -0.15) is 4.31 Å². The molecule has 0 radical (unpaired) electrons. The average Bonchev–Trinajstić information content (AvgIpc) is 2.75. The summed E-state index contributed by atoms with van der Waals surface area (Å²) in [6.07, 6.45) is 1.22. The fourth-order valence-corrected chi connectivity index (χ4v) is 5.25. The molecule has 1 unspecified atom stereocenters. The van der Waals surface area contributed by atoms with Crippen LogP contribution in [0.25, 0.3) is 0 Å². The molecule has 0 aliphatic carbocycles. The zero-order chi connectivity index (χ0) is 21.3. The number of nitrogens with zero attached hydrogens (tertiary/aromatic N) is 1. The van der Waals surface area contributed by atoms with Gasteiger partial charge in [0.05, 0.1) is 16.5 Å². The molecule has 1 atom stereocenters. The van der Waals surface area contributed by atoms with Crippen LogP contribution in [0.2, 0.25) is 0 Å². The summed E-state index contributed by atoms with van der Waals surface area (Å²) in [5.41, 5.74) is 2.01. The van der Waals surface area contributed by atoms with Crippen molar-refractivity contribution in [2.45, 2.75) is 24.7 Å². The maximum Gasteiger partial charge on any atom is 0.262 e. The van der Waals surface area contributed by atoms with Gasteiger partial charge in [0.2, 0.25) is 15.9 Å². The number of sulfonamides is 1. The van der Waals surface area contributed by atoms with E-state index in [9.17, 15) is 18.0 Å². The largest absolute Gasteiger partial charge is 0.482 e. The standard InChI is InChI=1S/C21H23N3O5S/c1-14-5-2-3-7-17(14)23-21(26)15-6-4-10-24(12-15)30(27,28)16-8-9-19-18(11-16)22-20(25)13-29-19/h2-3,5,7-9,11,15H,4,6,10,12-13H2,1H3,(H,22,25)(H,23,26). The minimum Gasteiger partial charge on any atom is -0.482 e. The van der Waals surface area contributed by atoms with Crippen molar-refractivity contribution in [1.29, 1.82) is 0 Å². The van der Waals surface area contributed by atoms with Gasteiger partial charge in [-0.3, -0.25) is 9.59 Å². The highest BCUT2D eigenvalue weighted by molar-refractivity contribution is 7.89. The molecule has 2 aliphatic heterocycles. The van der Waals surface area contributed by atoms with Gasteiger partial charge in [-0.25, -0.2) is 8.42 Å². The predicted octanol–water partition coefficient (Wildman–Crippen LogP) is 2.37. The maximum atomic E-state index is 13.2.